The van der Waals surface area contributed by atoms with E-state index in [0.29, 0.717) is 23.7 Å². The summed E-state index contributed by atoms with van der Waals surface area (Å²) in [6, 6.07) is 23.0. The Labute approximate surface area is 244 Å². The minimum Gasteiger partial charge on any atom is -0.355 e. The Morgan fingerprint density at radius 3 is 2.28 bits per heavy atom. The molecule has 0 aliphatic heterocycles. The van der Waals surface area contributed by atoms with Gasteiger partial charge in [-0.05, 0) is 54.8 Å². The highest BCUT2D eigenvalue weighted by atomic mass is 79.9. The van der Waals surface area contributed by atoms with Gasteiger partial charge in [-0.3, -0.25) is 13.9 Å². The standard InChI is InChI=1S/C29H33BrClN3O4S/c1-3-32-29(36)27(19-22-9-5-4-6-10-22)33(21-23-14-16-24(30)17-15-23)28(35)13-8-18-34(39(2,37)38)26-12-7-11-25(31)20-26/h4-7,9-12,14-17,20,27H,3,8,13,18-19,21H2,1-2H3,(H,32,36)/t27-/m1/s1. The molecule has 208 valence electrons. The number of sulfonamides is 1. The third kappa shape index (κ3) is 9.37. The molecule has 0 saturated heterocycles. The maximum absolute atomic E-state index is 13.7. The SMILES string of the molecule is CCNC(=O)[C@@H](Cc1ccccc1)N(Cc1ccc(Br)cc1)C(=O)CCCN(c1cccc(Cl)c1)S(C)(=O)=O. The summed E-state index contributed by atoms with van der Waals surface area (Å²) >= 11 is 9.52. The van der Waals surface area contributed by atoms with Gasteiger partial charge in [0.05, 0.1) is 11.9 Å². The van der Waals surface area contributed by atoms with Crippen LogP contribution in [0.1, 0.15) is 30.9 Å². The fourth-order valence-electron chi connectivity index (χ4n) is 4.27. The van der Waals surface area contributed by atoms with Crippen LogP contribution in [0.5, 0.6) is 0 Å². The zero-order valence-corrected chi connectivity index (χ0v) is 25.2. The second-order valence-corrected chi connectivity index (χ2v) is 12.4. The summed E-state index contributed by atoms with van der Waals surface area (Å²) in [4.78, 5) is 28.6. The molecule has 10 heteroatoms. The van der Waals surface area contributed by atoms with Crippen LogP contribution in [0.2, 0.25) is 5.02 Å². The Kier molecular flexibility index (Phi) is 11.4. The Balaban J connectivity index is 1.85. The molecule has 1 N–H and O–H groups in total. The fraction of sp³-hybridized carbons (Fsp3) is 0.310. The van der Waals surface area contributed by atoms with Gasteiger partial charge in [-0.15, -0.1) is 0 Å². The highest BCUT2D eigenvalue weighted by molar-refractivity contribution is 9.10. The van der Waals surface area contributed by atoms with E-state index >= 15 is 0 Å². The number of benzene rings is 3. The Bertz CT molecular complexity index is 1350. The second-order valence-electron chi connectivity index (χ2n) is 9.17. The number of rotatable bonds is 13. The fourth-order valence-corrected chi connectivity index (χ4v) is 5.67. The number of hydrogen-bond acceptors (Lipinski definition) is 4. The zero-order valence-electron chi connectivity index (χ0n) is 22.0. The van der Waals surface area contributed by atoms with Gasteiger partial charge < -0.3 is 10.2 Å². The number of halogens is 2. The molecule has 0 aliphatic carbocycles. The average molecular weight is 635 g/mol. The molecular formula is C29H33BrClN3O4S. The van der Waals surface area contributed by atoms with Crippen LogP contribution in [-0.2, 0) is 32.6 Å². The van der Waals surface area contributed by atoms with Crippen LogP contribution in [0.15, 0.2) is 83.3 Å². The van der Waals surface area contributed by atoms with Crippen LogP contribution in [0.4, 0.5) is 5.69 Å². The number of anilines is 1. The number of nitrogens with zero attached hydrogens (tertiary/aromatic N) is 2. The molecule has 0 fully saturated rings. The lowest BCUT2D eigenvalue weighted by atomic mass is 10.0. The number of hydrogen-bond donors (Lipinski definition) is 1. The normalized spacial score (nSPS) is 12.0. The molecule has 0 bridgehead atoms. The summed E-state index contributed by atoms with van der Waals surface area (Å²) in [6.45, 7) is 2.62. The maximum Gasteiger partial charge on any atom is 0.243 e. The Morgan fingerprint density at radius 1 is 0.974 bits per heavy atom. The van der Waals surface area contributed by atoms with Gasteiger partial charge in [0, 0.05) is 42.0 Å². The van der Waals surface area contributed by atoms with Crippen molar-refractivity contribution in [3.05, 3.63) is 99.5 Å². The minimum atomic E-state index is -3.60. The first kappa shape index (κ1) is 30.7. The number of carbonyl (C=O) groups is 2. The summed E-state index contributed by atoms with van der Waals surface area (Å²) in [5, 5.41) is 3.30. The van der Waals surface area contributed by atoms with Crippen molar-refractivity contribution in [1.82, 2.24) is 10.2 Å². The summed E-state index contributed by atoms with van der Waals surface area (Å²) in [6.07, 6.45) is 1.81. The van der Waals surface area contributed by atoms with Gasteiger partial charge in [-0.25, -0.2) is 8.42 Å². The van der Waals surface area contributed by atoms with E-state index in [1.807, 2.05) is 61.5 Å². The van der Waals surface area contributed by atoms with Crippen molar-refractivity contribution in [2.24, 2.45) is 0 Å². The van der Waals surface area contributed by atoms with E-state index in [0.717, 1.165) is 21.9 Å². The lowest BCUT2D eigenvalue weighted by molar-refractivity contribution is -0.141. The first-order valence-corrected chi connectivity index (χ1v) is 15.7. The third-order valence-electron chi connectivity index (χ3n) is 6.14. The Morgan fingerprint density at radius 2 is 1.67 bits per heavy atom. The third-order valence-corrected chi connectivity index (χ3v) is 8.09. The molecule has 7 nitrogen and oxygen atoms in total. The highest BCUT2D eigenvalue weighted by Crippen LogP contribution is 2.23. The van der Waals surface area contributed by atoms with Crippen molar-refractivity contribution in [3.8, 4) is 0 Å². The van der Waals surface area contributed by atoms with E-state index in [4.69, 9.17) is 11.6 Å². The van der Waals surface area contributed by atoms with Crippen LogP contribution in [0.25, 0.3) is 0 Å². The molecule has 0 saturated carbocycles. The van der Waals surface area contributed by atoms with E-state index in [2.05, 4.69) is 21.2 Å². The van der Waals surface area contributed by atoms with E-state index in [1.165, 1.54) is 4.31 Å². The van der Waals surface area contributed by atoms with Crippen LogP contribution in [-0.4, -0.2) is 50.5 Å². The van der Waals surface area contributed by atoms with Crippen LogP contribution >= 0.6 is 27.5 Å². The van der Waals surface area contributed by atoms with Gasteiger partial charge in [-0.2, -0.15) is 0 Å². The molecule has 1 atom stereocenters. The molecule has 0 aliphatic rings. The Hall–Kier alpha value is -2.88. The quantitative estimate of drug-likeness (QED) is 0.272. The van der Waals surface area contributed by atoms with Crippen LogP contribution in [0, 0.1) is 0 Å². The van der Waals surface area contributed by atoms with Crippen LogP contribution in [0.3, 0.4) is 0 Å². The van der Waals surface area contributed by atoms with E-state index in [9.17, 15) is 18.0 Å². The molecule has 0 radical (unpaired) electrons. The number of nitrogens with one attached hydrogen (secondary N) is 1. The topological polar surface area (TPSA) is 86.8 Å². The smallest absolute Gasteiger partial charge is 0.243 e. The number of likely N-dealkylation sites (N-methyl/N-ethyl adjacent to an activating group) is 1. The van der Waals surface area contributed by atoms with E-state index in [1.54, 1.807) is 29.2 Å². The minimum absolute atomic E-state index is 0.0633. The summed E-state index contributed by atoms with van der Waals surface area (Å²) < 4.78 is 27.2. The molecule has 0 unspecified atom stereocenters. The van der Waals surface area contributed by atoms with E-state index < -0.39 is 16.1 Å². The average Bonchev–Trinajstić information content (AvgIpc) is 2.89. The molecule has 0 spiro atoms. The van der Waals surface area contributed by atoms with Gasteiger partial charge in [0.1, 0.15) is 6.04 Å². The van der Waals surface area contributed by atoms with Gasteiger partial charge in [0.15, 0.2) is 0 Å². The van der Waals surface area contributed by atoms with Crippen LogP contribution < -0.4 is 9.62 Å². The molecule has 3 rings (SSSR count). The molecule has 39 heavy (non-hydrogen) atoms. The van der Waals surface area contributed by atoms with Crippen molar-refractivity contribution >= 4 is 55.1 Å². The van der Waals surface area contributed by atoms with Gasteiger partial charge >= 0.3 is 0 Å². The van der Waals surface area contributed by atoms with Crippen molar-refractivity contribution in [2.45, 2.75) is 38.8 Å². The largest absolute Gasteiger partial charge is 0.355 e. The molecular weight excluding hydrogens is 602 g/mol. The second kappa shape index (κ2) is 14.5. The predicted molar refractivity (Wildman–Crippen MR) is 160 cm³/mol. The first-order chi connectivity index (χ1) is 18.6. The molecule has 0 heterocycles. The zero-order chi connectivity index (χ0) is 28.4. The highest BCUT2D eigenvalue weighted by Gasteiger charge is 2.30. The van der Waals surface area contributed by atoms with Gasteiger partial charge in [-0.1, -0.05) is 76.1 Å². The van der Waals surface area contributed by atoms with Crippen molar-refractivity contribution in [2.75, 3.05) is 23.7 Å². The molecule has 2 amide bonds. The predicted octanol–water partition coefficient (Wildman–Crippen LogP) is 5.42. The monoisotopic (exact) mass is 633 g/mol. The van der Waals surface area contributed by atoms with Gasteiger partial charge in [0.25, 0.3) is 0 Å². The first-order valence-electron chi connectivity index (χ1n) is 12.7. The van der Waals surface area contributed by atoms with Crippen molar-refractivity contribution in [1.29, 1.82) is 0 Å². The summed E-state index contributed by atoms with van der Waals surface area (Å²) in [5.41, 5.74) is 2.26. The maximum atomic E-state index is 13.7. The number of amides is 2. The molecule has 3 aromatic rings. The summed E-state index contributed by atoms with van der Waals surface area (Å²) in [5.74, 6) is -0.465. The van der Waals surface area contributed by atoms with Crippen molar-refractivity contribution < 1.29 is 18.0 Å². The molecule has 3 aromatic carbocycles. The van der Waals surface area contributed by atoms with Crippen molar-refractivity contribution in [3.63, 3.8) is 0 Å². The van der Waals surface area contributed by atoms with E-state index in [-0.39, 0.29) is 37.7 Å². The lowest BCUT2D eigenvalue weighted by Crippen LogP contribution is -2.50. The number of carbonyl (C=O) groups excluding carboxylic acids is 2. The lowest BCUT2D eigenvalue weighted by Gasteiger charge is -2.32. The van der Waals surface area contributed by atoms with Gasteiger partial charge in [0.2, 0.25) is 21.8 Å². The molecule has 0 aromatic heterocycles. The summed E-state index contributed by atoms with van der Waals surface area (Å²) in [7, 11) is -3.60.